The van der Waals surface area contributed by atoms with Crippen LogP contribution in [-0.2, 0) is 14.3 Å². The van der Waals surface area contributed by atoms with Gasteiger partial charge in [-0.3, -0.25) is 4.79 Å². The molecule has 1 aliphatic carbocycles. The lowest BCUT2D eigenvalue weighted by atomic mass is 9.77. The minimum Gasteiger partial charge on any atom is -0.494 e. The summed E-state index contributed by atoms with van der Waals surface area (Å²) in [7, 11) is 2.90. The summed E-state index contributed by atoms with van der Waals surface area (Å²) in [4.78, 5) is 12.5. The zero-order valence-corrected chi connectivity index (χ0v) is 19.4. The van der Waals surface area contributed by atoms with Crippen molar-refractivity contribution in [1.82, 2.24) is 0 Å². The van der Waals surface area contributed by atoms with Gasteiger partial charge in [-0.25, -0.2) is 0 Å². The Hall–Kier alpha value is -1.81. The van der Waals surface area contributed by atoms with Gasteiger partial charge in [-0.2, -0.15) is 0 Å². The Labute approximate surface area is 354 Å². The number of aliphatic hydroxyl groups excluding tert-OH is 1. The Morgan fingerprint density at radius 1 is 0.547 bits per heavy atom. The van der Waals surface area contributed by atoms with Crippen molar-refractivity contribution in [2.45, 2.75) is 257 Å². The second-order valence-electron chi connectivity index (χ2n) is 8.18. The maximum atomic E-state index is 12.5. The third-order valence-corrected chi connectivity index (χ3v) is 5.96. The number of ether oxygens (including phenoxy) is 2. The van der Waals surface area contributed by atoms with Gasteiger partial charge in [-0.1, -0.05) is 227 Å². The molecule has 0 unspecified atom stereocenters. The Balaban J connectivity index is -0.0000000159. The van der Waals surface area contributed by atoms with Gasteiger partial charge in [0.05, 0.1) is 14.2 Å². The largest absolute Gasteiger partial charge is 0.494 e. The highest BCUT2D eigenvalue weighted by molar-refractivity contribution is 5.97. The molecular weight excluding hydrogens is 653 g/mol. The zero-order chi connectivity index (χ0) is 22.0. The van der Waals surface area contributed by atoms with E-state index in [1.807, 2.05) is 6.92 Å². The van der Waals surface area contributed by atoms with Crippen molar-refractivity contribution >= 4 is 5.78 Å². The summed E-state index contributed by atoms with van der Waals surface area (Å²) in [5, 5.41) is 10.7. The normalized spacial score (nSPS) is 13.2. The summed E-state index contributed by atoms with van der Waals surface area (Å²) in [5.41, 5.74) is 4.17. The number of ketones is 1. The van der Waals surface area contributed by atoms with Crippen LogP contribution in [0.5, 0.6) is 0 Å². The molecule has 4 heteroatoms. The molecule has 0 fully saturated rings. The highest BCUT2D eigenvalue weighted by Crippen LogP contribution is 2.35. The topological polar surface area (TPSA) is 55.8 Å². The highest BCUT2D eigenvalue weighted by Gasteiger charge is 2.42. The van der Waals surface area contributed by atoms with Crippen molar-refractivity contribution in [2.24, 2.45) is 11.8 Å². The second-order valence-corrected chi connectivity index (χ2v) is 8.18. The summed E-state index contributed by atoms with van der Waals surface area (Å²) in [6, 6.07) is 0. The lowest BCUT2D eigenvalue weighted by Gasteiger charge is -2.33. The van der Waals surface area contributed by atoms with Crippen molar-refractivity contribution in [1.29, 1.82) is 0 Å². The smallest absolute Gasteiger partial charge is 0.204 e. The molecule has 0 heterocycles. The van der Waals surface area contributed by atoms with Gasteiger partial charge >= 0.3 is 0 Å². The fourth-order valence-corrected chi connectivity index (χ4v) is 3.65. The summed E-state index contributed by atoms with van der Waals surface area (Å²) in [6.07, 6.45) is 12.0. The SMILES string of the molecule is C.C.C.C.C.C.C.C.C.C.C.C.C.C.C.C.C.C.C.C.C.C.C.C.CC/C(C)=C/CC/C(C)=C/CC/C(C)=C/C[C@@H]1[C@@H](C)C(=O)C(OC)=C(OC)[C@@H]1O. The number of Topliss-reactive ketones (excluding diaryl/α,β-unsaturated/α-hetero) is 1. The zero-order valence-electron chi connectivity index (χ0n) is 19.4. The molecule has 1 aliphatic rings. The number of methoxy groups -OCH3 is 2. The van der Waals surface area contributed by atoms with E-state index in [2.05, 4.69) is 45.9 Å². The van der Waals surface area contributed by atoms with Gasteiger partial charge in [0.2, 0.25) is 11.5 Å². The molecule has 1 N–H and O–H groups in total. The first-order valence-electron chi connectivity index (χ1n) is 10.8. The molecule has 0 aromatic rings. The fourth-order valence-electron chi connectivity index (χ4n) is 3.65. The average Bonchev–Trinajstić information content (AvgIpc) is 2.70. The van der Waals surface area contributed by atoms with E-state index in [1.165, 1.54) is 30.9 Å². The fraction of sp³-hybridized carbons (Fsp3) is 0.816. The van der Waals surface area contributed by atoms with Gasteiger partial charge in [0.1, 0.15) is 6.10 Å². The number of allylic oxidation sites excluding steroid dienone is 7. The Bertz CT molecular complexity index is 670. The number of carbonyl (C=O) groups excluding carboxylic acids is 1. The third-order valence-electron chi connectivity index (χ3n) is 5.96. The maximum absolute atomic E-state index is 12.5. The van der Waals surface area contributed by atoms with Gasteiger partial charge < -0.3 is 14.6 Å². The van der Waals surface area contributed by atoms with Crippen molar-refractivity contribution in [3.8, 4) is 0 Å². The molecule has 0 radical (unpaired) electrons. The summed E-state index contributed by atoms with van der Waals surface area (Å²) >= 11 is 0. The van der Waals surface area contributed by atoms with Crippen LogP contribution in [0.2, 0.25) is 0 Å². The van der Waals surface area contributed by atoms with Crippen LogP contribution in [0.4, 0.5) is 0 Å². The third kappa shape index (κ3) is 57.1. The van der Waals surface area contributed by atoms with E-state index in [0.29, 0.717) is 6.42 Å². The van der Waals surface area contributed by atoms with Crippen LogP contribution < -0.4 is 0 Å². The van der Waals surface area contributed by atoms with Crippen LogP contribution in [-0.4, -0.2) is 31.2 Å². The first kappa shape index (κ1) is 174. The molecule has 0 aliphatic heterocycles. The Kier molecular flexibility index (Phi) is 305. The quantitative estimate of drug-likeness (QED) is 0.212. The minimum absolute atomic E-state index is 0. The standard InChI is InChI=1S/C25H40O4.24CH4/c1-8-17(2)11-9-12-18(3)13-10-14-19(4)15-16-21-20(5)22(26)24(28-6)25(29-7)23(21)27;;;;;;;;;;;;;;;;;;;;;;;;/h11,13,15,20-21,23,27H,8-10,12,14,16H2,1-7H3;24*1H4/b17-11+,18-13+,19-15+;;;;;;;;;;;;;;;;;;;;;;;;/t20-,21-,23-;;;;;;;;;;;;;;;;;;;;;;;;/m1......................../s1. The van der Waals surface area contributed by atoms with Crippen molar-refractivity contribution < 1.29 is 19.4 Å². The van der Waals surface area contributed by atoms with E-state index < -0.39 is 6.10 Å². The molecule has 0 spiro atoms. The van der Waals surface area contributed by atoms with Gasteiger partial charge in [-0.15, -0.1) is 0 Å². The van der Waals surface area contributed by atoms with E-state index in [1.54, 1.807) is 0 Å². The van der Waals surface area contributed by atoms with Gasteiger partial charge in [-0.05, 0) is 59.3 Å². The predicted molar refractivity (Wildman–Crippen MR) is 281 cm³/mol. The molecule has 1 rings (SSSR count). The van der Waals surface area contributed by atoms with Gasteiger partial charge in [0.25, 0.3) is 0 Å². The maximum Gasteiger partial charge on any atom is 0.204 e. The van der Waals surface area contributed by atoms with E-state index >= 15 is 0 Å². The van der Waals surface area contributed by atoms with Crippen molar-refractivity contribution in [3.63, 3.8) is 0 Å². The summed E-state index contributed by atoms with van der Waals surface area (Å²) < 4.78 is 10.4. The van der Waals surface area contributed by atoms with Crippen LogP contribution in [0.3, 0.4) is 0 Å². The predicted octanol–water partition coefficient (Wildman–Crippen LogP) is 21.2. The number of carbonyl (C=O) groups is 1. The lowest BCUT2D eigenvalue weighted by molar-refractivity contribution is -0.128. The van der Waals surface area contributed by atoms with Crippen LogP contribution >= 0.6 is 0 Å². The van der Waals surface area contributed by atoms with Crippen LogP contribution in [0.1, 0.15) is 251 Å². The monoisotopic (exact) mass is 789 g/mol. The van der Waals surface area contributed by atoms with Crippen molar-refractivity contribution in [3.05, 3.63) is 46.5 Å². The summed E-state index contributed by atoms with van der Waals surface area (Å²) in [6.45, 7) is 10.5. The first-order chi connectivity index (χ1) is 13.8. The molecule has 0 amide bonds. The van der Waals surface area contributed by atoms with E-state index in [0.717, 1.165) is 32.1 Å². The second kappa shape index (κ2) is 92.7. The van der Waals surface area contributed by atoms with Gasteiger partial charge in [0.15, 0.2) is 5.76 Å². The molecule has 0 aromatic heterocycles. The molecule has 0 aromatic carbocycles. The number of aliphatic hydroxyl groups is 1. The number of hydrogen-bond acceptors (Lipinski definition) is 4. The number of hydrogen-bond donors (Lipinski definition) is 1. The minimum atomic E-state index is -0.825. The van der Waals surface area contributed by atoms with Crippen LogP contribution in [0.25, 0.3) is 0 Å². The summed E-state index contributed by atoms with van der Waals surface area (Å²) in [5.74, 6) is -0.204. The molecule has 53 heavy (non-hydrogen) atoms. The van der Waals surface area contributed by atoms with E-state index in [9.17, 15) is 9.90 Å². The lowest BCUT2D eigenvalue weighted by Crippen LogP contribution is -2.40. The molecular formula is C49H136O4. The highest BCUT2D eigenvalue weighted by atomic mass is 16.5. The van der Waals surface area contributed by atoms with Gasteiger partial charge in [0, 0.05) is 11.8 Å². The molecule has 0 saturated heterocycles. The Morgan fingerprint density at radius 3 is 1.13 bits per heavy atom. The molecule has 0 saturated carbocycles. The van der Waals surface area contributed by atoms with Crippen molar-refractivity contribution in [2.75, 3.05) is 14.2 Å². The molecule has 4 nitrogen and oxygen atoms in total. The van der Waals surface area contributed by atoms with E-state index in [4.69, 9.17) is 9.47 Å². The molecule has 3 atom stereocenters. The average molecular weight is 790 g/mol. The number of rotatable bonds is 11. The van der Waals surface area contributed by atoms with Crippen LogP contribution in [0, 0.1) is 11.8 Å². The Morgan fingerprint density at radius 2 is 0.849 bits per heavy atom. The van der Waals surface area contributed by atoms with E-state index in [-0.39, 0.29) is 207 Å². The molecule has 356 valence electrons. The van der Waals surface area contributed by atoms with Crippen LogP contribution in [0.15, 0.2) is 46.5 Å². The first-order valence-corrected chi connectivity index (χ1v) is 10.8. The molecule has 0 bridgehead atoms.